The van der Waals surface area contributed by atoms with Gasteiger partial charge in [0.1, 0.15) is 0 Å². The normalized spacial score (nSPS) is 15.0. The summed E-state index contributed by atoms with van der Waals surface area (Å²) in [5.74, 6) is -0.121. The van der Waals surface area contributed by atoms with Crippen molar-refractivity contribution in [2.75, 3.05) is 0 Å². The number of carbonyl (C=O) groups is 1. The van der Waals surface area contributed by atoms with Gasteiger partial charge in [-0.2, -0.15) is 5.10 Å². The maximum Gasteiger partial charge on any atom is 0.278 e. The third-order valence-corrected chi connectivity index (χ3v) is 3.15. The molecule has 1 aliphatic rings. The molecule has 1 aromatic carbocycles. The number of allylic oxidation sites excluding steroid dienone is 3. The second-order valence-electron chi connectivity index (χ2n) is 5.92. The summed E-state index contributed by atoms with van der Waals surface area (Å²) in [6.45, 7) is 8.33. The second kappa shape index (κ2) is 5.45. The smallest absolute Gasteiger partial charge is 0.267 e. The Morgan fingerprint density at radius 3 is 2.35 bits per heavy atom. The monoisotopic (exact) mass is 268 g/mol. The molecule has 0 atom stereocenters. The molecule has 0 spiro atoms. The van der Waals surface area contributed by atoms with Gasteiger partial charge in [0, 0.05) is 11.8 Å². The highest BCUT2D eigenvalue weighted by Crippen LogP contribution is 2.22. The molecule has 0 saturated heterocycles. The van der Waals surface area contributed by atoms with E-state index >= 15 is 0 Å². The minimum atomic E-state index is -0.121. The fourth-order valence-corrected chi connectivity index (χ4v) is 1.92. The average Bonchev–Trinajstić information content (AvgIpc) is 2.62. The number of amides is 1. The van der Waals surface area contributed by atoms with Crippen LogP contribution in [0.25, 0.3) is 0 Å². The van der Waals surface area contributed by atoms with E-state index in [2.05, 4.69) is 25.9 Å². The van der Waals surface area contributed by atoms with E-state index in [-0.39, 0.29) is 11.3 Å². The van der Waals surface area contributed by atoms with Gasteiger partial charge in [0.2, 0.25) is 0 Å². The van der Waals surface area contributed by atoms with Crippen LogP contribution in [0.4, 0.5) is 0 Å². The molecule has 1 aliphatic heterocycles. The first kappa shape index (κ1) is 14.3. The van der Waals surface area contributed by atoms with Crippen molar-refractivity contribution in [2.45, 2.75) is 33.1 Å². The molecule has 1 amide bonds. The lowest BCUT2D eigenvalue weighted by atomic mass is 9.87. The van der Waals surface area contributed by atoms with Gasteiger partial charge in [-0.05, 0) is 42.2 Å². The number of hydrazone groups is 1. The molecule has 0 aliphatic carbocycles. The summed E-state index contributed by atoms with van der Waals surface area (Å²) in [5.41, 5.74) is 2.74. The largest absolute Gasteiger partial charge is 0.278 e. The highest BCUT2D eigenvalue weighted by atomic mass is 16.2. The van der Waals surface area contributed by atoms with Gasteiger partial charge in [0.25, 0.3) is 5.91 Å². The van der Waals surface area contributed by atoms with Crippen LogP contribution in [-0.4, -0.2) is 16.6 Å². The van der Waals surface area contributed by atoms with Crippen LogP contribution in [-0.2, 0) is 5.41 Å². The van der Waals surface area contributed by atoms with Crippen molar-refractivity contribution in [1.29, 1.82) is 0 Å². The number of hydrogen-bond acceptors (Lipinski definition) is 2. The van der Waals surface area contributed by atoms with E-state index in [4.69, 9.17) is 0 Å². The Kier molecular flexibility index (Phi) is 3.89. The molecule has 2 rings (SSSR count). The van der Waals surface area contributed by atoms with Crippen LogP contribution in [0.5, 0.6) is 0 Å². The lowest BCUT2D eigenvalue weighted by Gasteiger charge is -2.19. The lowest BCUT2D eigenvalue weighted by molar-refractivity contribution is 0.0826. The molecule has 0 fully saturated rings. The molecular weight excluding hydrogens is 248 g/mol. The molecule has 104 valence electrons. The van der Waals surface area contributed by atoms with E-state index in [0.717, 1.165) is 5.71 Å². The summed E-state index contributed by atoms with van der Waals surface area (Å²) < 4.78 is 0. The molecule has 1 aromatic rings. The van der Waals surface area contributed by atoms with Crippen molar-refractivity contribution < 1.29 is 4.79 Å². The molecule has 0 bridgehead atoms. The molecule has 3 nitrogen and oxygen atoms in total. The molecule has 0 unspecified atom stereocenters. The number of benzene rings is 1. The summed E-state index contributed by atoms with van der Waals surface area (Å²) in [4.78, 5) is 12.4. The van der Waals surface area contributed by atoms with Gasteiger partial charge in [-0.15, -0.1) is 0 Å². The van der Waals surface area contributed by atoms with Crippen LogP contribution in [0.1, 0.15) is 43.6 Å². The molecule has 0 aromatic heterocycles. The summed E-state index contributed by atoms with van der Waals surface area (Å²) >= 11 is 0. The Hall–Kier alpha value is -2.16. The van der Waals surface area contributed by atoms with E-state index in [9.17, 15) is 4.79 Å². The first-order valence-corrected chi connectivity index (χ1v) is 6.72. The third-order valence-electron chi connectivity index (χ3n) is 3.15. The van der Waals surface area contributed by atoms with Crippen molar-refractivity contribution in [3.8, 4) is 0 Å². The molecule has 0 radical (unpaired) electrons. The van der Waals surface area contributed by atoms with Gasteiger partial charge in [0.05, 0.1) is 5.71 Å². The predicted octanol–water partition coefficient (Wildman–Crippen LogP) is 3.89. The summed E-state index contributed by atoms with van der Waals surface area (Å²) in [6, 6.07) is 7.73. The van der Waals surface area contributed by atoms with E-state index < -0.39 is 0 Å². The first-order valence-electron chi connectivity index (χ1n) is 6.72. The Labute approximate surface area is 120 Å². The summed E-state index contributed by atoms with van der Waals surface area (Å²) in [6.07, 6.45) is 7.22. The van der Waals surface area contributed by atoms with Crippen molar-refractivity contribution in [3.63, 3.8) is 0 Å². The van der Waals surface area contributed by atoms with Gasteiger partial charge in [-0.3, -0.25) is 4.79 Å². The van der Waals surface area contributed by atoms with E-state index in [0.29, 0.717) is 5.56 Å². The van der Waals surface area contributed by atoms with Crippen LogP contribution in [0.3, 0.4) is 0 Å². The van der Waals surface area contributed by atoms with Crippen molar-refractivity contribution in [2.24, 2.45) is 5.10 Å². The maximum atomic E-state index is 12.4. The number of rotatable bonds is 1. The highest BCUT2D eigenvalue weighted by Gasteiger charge is 2.17. The van der Waals surface area contributed by atoms with Gasteiger partial charge < -0.3 is 0 Å². The minimum Gasteiger partial charge on any atom is -0.267 e. The second-order valence-corrected chi connectivity index (χ2v) is 5.92. The van der Waals surface area contributed by atoms with E-state index in [1.165, 1.54) is 10.6 Å². The molecule has 1 heterocycles. The van der Waals surface area contributed by atoms with Crippen LogP contribution in [0.2, 0.25) is 0 Å². The van der Waals surface area contributed by atoms with Crippen molar-refractivity contribution >= 4 is 11.6 Å². The SMILES string of the molecule is CC1=NN(C(=O)c2ccc(C(C)(C)C)cc2)C=CC=C1. The van der Waals surface area contributed by atoms with E-state index in [1.54, 1.807) is 12.3 Å². The Bertz CT molecular complexity index is 586. The molecule has 0 saturated carbocycles. The van der Waals surface area contributed by atoms with Gasteiger partial charge in [-0.1, -0.05) is 39.0 Å². The zero-order valence-corrected chi connectivity index (χ0v) is 12.4. The van der Waals surface area contributed by atoms with Gasteiger partial charge in [0.15, 0.2) is 0 Å². The number of nitrogens with zero attached hydrogens (tertiary/aromatic N) is 2. The zero-order valence-electron chi connectivity index (χ0n) is 12.4. The van der Waals surface area contributed by atoms with Crippen LogP contribution < -0.4 is 0 Å². The molecule has 0 N–H and O–H groups in total. The first-order chi connectivity index (χ1) is 9.38. The Morgan fingerprint density at radius 1 is 1.10 bits per heavy atom. The standard InChI is InChI=1S/C17H20N2O/c1-13-7-5-6-12-19(18-13)16(20)14-8-10-15(11-9-14)17(2,3)4/h5-12H,1-4H3. The molecule has 3 heteroatoms. The van der Waals surface area contributed by atoms with Gasteiger partial charge >= 0.3 is 0 Å². The third kappa shape index (κ3) is 3.23. The molecular formula is C17H20N2O. The van der Waals surface area contributed by atoms with E-state index in [1.807, 2.05) is 43.3 Å². The van der Waals surface area contributed by atoms with Crippen LogP contribution >= 0.6 is 0 Å². The minimum absolute atomic E-state index is 0.0861. The van der Waals surface area contributed by atoms with Crippen molar-refractivity contribution in [1.82, 2.24) is 5.01 Å². The fraction of sp³-hybridized carbons (Fsp3) is 0.294. The Balaban J connectivity index is 2.24. The number of carbonyl (C=O) groups excluding carboxylic acids is 1. The van der Waals surface area contributed by atoms with Crippen molar-refractivity contribution in [3.05, 3.63) is 59.8 Å². The zero-order chi connectivity index (χ0) is 14.8. The van der Waals surface area contributed by atoms with Gasteiger partial charge in [-0.25, -0.2) is 5.01 Å². The average molecular weight is 268 g/mol. The number of hydrogen-bond donors (Lipinski definition) is 0. The Morgan fingerprint density at radius 2 is 1.75 bits per heavy atom. The van der Waals surface area contributed by atoms with Crippen LogP contribution in [0, 0.1) is 0 Å². The topological polar surface area (TPSA) is 32.7 Å². The highest BCUT2D eigenvalue weighted by molar-refractivity contribution is 5.98. The quantitative estimate of drug-likeness (QED) is 0.760. The molecule has 20 heavy (non-hydrogen) atoms. The summed E-state index contributed by atoms with van der Waals surface area (Å²) in [7, 11) is 0. The lowest BCUT2D eigenvalue weighted by Crippen LogP contribution is -2.21. The fourth-order valence-electron chi connectivity index (χ4n) is 1.92. The maximum absolute atomic E-state index is 12.4. The predicted molar refractivity (Wildman–Crippen MR) is 82.7 cm³/mol. The van der Waals surface area contributed by atoms with Crippen LogP contribution in [0.15, 0.2) is 53.8 Å². The summed E-state index contributed by atoms with van der Waals surface area (Å²) in [5, 5.41) is 5.63.